The Morgan fingerprint density at radius 1 is 1.27 bits per heavy atom. The molecule has 1 aromatic carbocycles. The molecule has 0 radical (unpaired) electrons. The van der Waals surface area contributed by atoms with Crippen molar-refractivity contribution in [2.45, 2.75) is 13.1 Å². The Balaban J connectivity index is 1.75. The van der Waals surface area contributed by atoms with E-state index < -0.39 is 0 Å². The van der Waals surface area contributed by atoms with Crippen molar-refractivity contribution in [1.82, 2.24) is 14.5 Å². The van der Waals surface area contributed by atoms with Gasteiger partial charge in [0.2, 0.25) is 0 Å². The molecule has 22 heavy (non-hydrogen) atoms. The topological polar surface area (TPSA) is 30.3 Å². The fourth-order valence-corrected chi connectivity index (χ4v) is 3.30. The zero-order valence-electron chi connectivity index (χ0n) is 13.0. The third-order valence-corrected chi connectivity index (χ3v) is 4.57. The summed E-state index contributed by atoms with van der Waals surface area (Å²) in [6.07, 6.45) is 3.97. The maximum Gasteiger partial charge on any atom is 0.107 e. The lowest BCUT2D eigenvalue weighted by Gasteiger charge is -2.21. The smallest absolute Gasteiger partial charge is 0.107 e. The predicted molar refractivity (Wildman–Crippen MR) is 91.0 cm³/mol. The molecule has 116 valence electrons. The van der Waals surface area contributed by atoms with Crippen LogP contribution in [0, 0.1) is 0 Å². The molecule has 2 aromatic heterocycles. The highest BCUT2D eigenvalue weighted by Gasteiger charge is 2.09. The van der Waals surface area contributed by atoms with E-state index in [9.17, 15) is 0 Å². The molecule has 0 bridgehead atoms. The minimum Gasteiger partial charge on any atom is -0.383 e. The van der Waals surface area contributed by atoms with Gasteiger partial charge in [0.15, 0.2) is 0 Å². The van der Waals surface area contributed by atoms with Crippen LogP contribution >= 0.6 is 11.3 Å². The standard InChI is InChI=1S/C17H21N3OS/c1-19-7-5-15-11-14(3-4-16(15)19)12-20(8-9-21-2)13-17-18-6-10-22-17/h3-7,10-11H,8-9,12-13H2,1-2H3. The van der Waals surface area contributed by atoms with Gasteiger partial charge in [0.05, 0.1) is 13.2 Å². The molecule has 2 heterocycles. The molecular formula is C17H21N3OS. The quantitative estimate of drug-likeness (QED) is 0.670. The second-order valence-electron chi connectivity index (χ2n) is 5.45. The first-order valence-electron chi connectivity index (χ1n) is 7.40. The van der Waals surface area contributed by atoms with Gasteiger partial charge >= 0.3 is 0 Å². The maximum atomic E-state index is 5.24. The van der Waals surface area contributed by atoms with Gasteiger partial charge in [-0.15, -0.1) is 11.3 Å². The van der Waals surface area contributed by atoms with Gasteiger partial charge in [-0.25, -0.2) is 4.98 Å². The number of fused-ring (bicyclic) bond motifs is 1. The SMILES string of the molecule is COCCN(Cc1ccc2c(ccn2C)c1)Cc1nccs1. The summed E-state index contributed by atoms with van der Waals surface area (Å²) in [5, 5.41) is 4.47. The Kier molecular flexibility index (Phi) is 4.87. The first-order valence-corrected chi connectivity index (χ1v) is 8.28. The number of rotatable bonds is 7. The van der Waals surface area contributed by atoms with Crippen LogP contribution in [0.5, 0.6) is 0 Å². The van der Waals surface area contributed by atoms with Crippen LogP contribution in [0.15, 0.2) is 42.0 Å². The first-order chi connectivity index (χ1) is 10.8. The highest BCUT2D eigenvalue weighted by molar-refractivity contribution is 7.09. The zero-order chi connectivity index (χ0) is 15.4. The maximum absolute atomic E-state index is 5.24. The van der Waals surface area contributed by atoms with Crippen LogP contribution in [0.25, 0.3) is 10.9 Å². The number of methoxy groups -OCH3 is 1. The highest BCUT2D eigenvalue weighted by Crippen LogP contribution is 2.19. The van der Waals surface area contributed by atoms with Gasteiger partial charge in [-0.1, -0.05) is 6.07 Å². The van der Waals surface area contributed by atoms with Crippen LogP contribution in [0.3, 0.4) is 0 Å². The number of benzene rings is 1. The molecular weight excluding hydrogens is 294 g/mol. The third kappa shape index (κ3) is 3.55. The number of aromatic nitrogens is 2. The fraction of sp³-hybridized carbons (Fsp3) is 0.353. The summed E-state index contributed by atoms with van der Waals surface area (Å²) in [5.41, 5.74) is 2.60. The van der Waals surface area contributed by atoms with E-state index in [1.165, 1.54) is 16.5 Å². The van der Waals surface area contributed by atoms with E-state index in [1.54, 1.807) is 18.4 Å². The molecule has 4 nitrogen and oxygen atoms in total. The molecule has 0 aliphatic heterocycles. The summed E-state index contributed by atoms with van der Waals surface area (Å²) in [6, 6.07) is 8.85. The minimum absolute atomic E-state index is 0.735. The van der Waals surface area contributed by atoms with Crippen molar-refractivity contribution >= 4 is 22.2 Å². The molecule has 0 saturated carbocycles. The molecule has 0 aliphatic carbocycles. The molecule has 0 aliphatic rings. The number of thiazole rings is 1. The Hall–Kier alpha value is -1.69. The van der Waals surface area contributed by atoms with E-state index in [4.69, 9.17) is 4.74 Å². The first kappa shape index (κ1) is 15.2. The van der Waals surface area contributed by atoms with Gasteiger partial charge in [0.25, 0.3) is 0 Å². The number of ether oxygens (including phenoxy) is 1. The second-order valence-corrected chi connectivity index (χ2v) is 6.43. The monoisotopic (exact) mass is 315 g/mol. The van der Waals surface area contributed by atoms with Crippen LogP contribution in [0.4, 0.5) is 0 Å². The lowest BCUT2D eigenvalue weighted by Crippen LogP contribution is -2.26. The molecule has 5 heteroatoms. The Labute approximate surface area is 135 Å². The zero-order valence-corrected chi connectivity index (χ0v) is 13.8. The third-order valence-electron chi connectivity index (χ3n) is 3.81. The van der Waals surface area contributed by atoms with Crippen LogP contribution < -0.4 is 0 Å². The van der Waals surface area contributed by atoms with Gasteiger partial charge < -0.3 is 9.30 Å². The van der Waals surface area contributed by atoms with Crippen molar-refractivity contribution in [1.29, 1.82) is 0 Å². The second kappa shape index (κ2) is 7.05. The van der Waals surface area contributed by atoms with Crippen LogP contribution in [0.1, 0.15) is 10.6 Å². The number of nitrogens with zero attached hydrogens (tertiary/aromatic N) is 3. The molecule has 0 amide bonds. The van der Waals surface area contributed by atoms with E-state index in [0.29, 0.717) is 0 Å². The van der Waals surface area contributed by atoms with Crippen LogP contribution in [0.2, 0.25) is 0 Å². The van der Waals surface area contributed by atoms with Crippen LogP contribution in [-0.4, -0.2) is 34.7 Å². The summed E-state index contributed by atoms with van der Waals surface area (Å²) in [4.78, 5) is 6.77. The van der Waals surface area contributed by atoms with E-state index in [0.717, 1.165) is 31.2 Å². The molecule has 0 saturated heterocycles. The van der Waals surface area contributed by atoms with Gasteiger partial charge in [0, 0.05) is 50.5 Å². The van der Waals surface area contributed by atoms with Crippen molar-refractivity contribution in [3.8, 4) is 0 Å². The Bertz CT molecular complexity index is 721. The summed E-state index contributed by atoms with van der Waals surface area (Å²) < 4.78 is 7.39. The molecule has 3 rings (SSSR count). The molecule has 3 aromatic rings. The molecule has 0 atom stereocenters. The lowest BCUT2D eigenvalue weighted by atomic mass is 10.1. The fourth-order valence-electron chi connectivity index (χ4n) is 2.64. The average molecular weight is 315 g/mol. The van der Waals surface area contributed by atoms with E-state index in [2.05, 4.69) is 52.0 Å². The normalized spacial score (nSPS) is 11.6. The number of hydrogen-bond donors (Lipinski definition) is 0. The van der Waals surface area contributed by atoms with Crippen molar-refractivity contribution in [2.24, 2.45) is 7.05 Å². The van der Waals surface area contributed by atoms with Crippen LogP contribution in [-0.2, 0) is 24.9 Å². The summed E-state index contributed by atoms with van der Waals surface area (Å²) in [6.45, 7) is 3.42. The van der Waals surface area contributed by atoms with E-state index in [-0.39, 0.29) is 0 Å². The Morgan fingerprint density at radius 3 is 2.95 bits per heavy atom. The Morgan fingerprint density at radius 2 is 2.18 bits per heavy atom. The number of hydrogen-bond acceptors (Lipinski definition) is 4. The summed E-state index contributed by atoms with van der Waals surface area (Å²) in [7, 11) is 3.83. The molecule has 0 unspecified atom stereocenters. The van der Waals surface area contributed by atoms with Crippen molar-refractivity contribution in [3.05, 3.63) is 52.6 Å². The van der Waals surface area contributed by atoms with Crippen molar-refractivity contribution < 1.29 is 4.74 Å². The molecule has 0 N–H and O–H groups in total. The highest BCUT2D eigenvalue weighted by atomic mass is 32.1. The van der Waals surface area contributed by atoms with Gasteiger partial charge in [-0.3, -0.25) is 4.90 Å². The molecule has 0 spiro atoms. The minimum atomic E-state index is 0.735. The van der Waals surface area contributed by atoms with Gasteiger partial charge in [0.1, 0.15) is 5.01 Å². The largest absolute Gasteiger partial charge is 0.383 e. The van der Waals surface area contributed by atoms with Gasteiger partial charge in [-0.2, -0.15) is 0 Å². The summed E-state index contributed by atoms with van der Waals surface area (Å²) >= 11 is 1.70. The van der Waals surface area contributed by atoms with Gasteiger partial charge in [-0.05, 0) is 29.1 Å². The lowest BCUT2D eigenvalue weighted by molar-refractivity contribution is 0.140. The number of aryl methyl sites for hydroxylation is 1. The van der Waals surface area contributed by atoms with E-state index >= 15 is 0 Å². The average Bonchev–Trinajstić information content (AvgIpc) is 3.15. The van der Waals surface area contributed by atoms with Crippen molar-refractivity contribution in [2.75, 3.05) is 20.3 Å². The predicted octanol–water partition coefficient (Wildman–Crippen LogP) is 3.28. The summed E-state index contributed by atoms with van der Waals surface area (Å²) in [5.74, 6) is 0. The molecule has 0 fully saturated rings. The van der Waals surface area contributed by atoms with E-state index in [1.807, 2.05) is 11.6 Å². The van der Waals surface area contributed by atoms with Crippen molar-refractivity contribution in [3.63, 3.8) is 0 Å².